The number of furan rings is 1. The van der Waals surface area contributed by atoms with E-state index >= 15 is 0 Å². The second kappa shape index (κ2) is 4.18. The van der Waals surface area contributed by atoms with Crippen LogP contribution in [0, 0.1) is 12.3 Å². The minimum Gasteiger partial charge on any atom is -0.453 e. The summed E-state index contributed by atoms with van der Waals surface area (Å²) in [5.41, 5.74) is 7.08. The first kappa shape index (κ1) is 12.4. The molecule has 0 amide bonds. The predicted octanol–water partition coefficient (Wildman–Crippen LogP) is 2.29. The average Bonchev–Trinajstić information content (AvgIpc) is 2.95. The monoisotopic (exact) mass is 259 g/mol. The summed E-state index contributed by atoms with van der Waals surface area (Å²) in [6, 6.07) is 7.37. The molecule has 4 heteroatoms. The third kappa shape index (κ3) is 1.79. The Morgan fingerprint density at radius 3 is 2.89 bits per heavy atom. The van der Waals surface area contributed by atoms with Crippen molar-refractivity contribution >= 4 is 16.8 Å². The molecule has 1 aromatic carbocycles. The Kier molecular flexibility index (Phi) is 2.73. The van der Waals surface area contributed by atoms with Gasteiger partial charge in [-0.1, -0.05) is 18.2 Å². The van der Waals surface area contributed by atoms with Crippen molar-refractivity contribution in [2.45, 2.75) is 19.9 Å². The van der Waals surface area contributed by atoms with E-state index < -0.39 is 5.41 Å². The van der Waals surface area contributed by atoms with Crippen LogP contribution in [0.25, 0.3) is 11.0 Å². The Bertz CT molecular complexity index is 646. The van der Waals surface area contributed by atoms with Crippen molar-refractivity contribution in [2.24, 2.45) is 11.1 Å². The molecule has 2 atom stereocenters. The number of benzene rings is 1. The van der Waals surface area contributed by atoms with Crippen LogP contribution in [0.15, 0.2) is 28.7 Å². The van der Waals surface area contributed by atoms with Gasteiger partial charge < -0.3 is 14.9 Å². The molecule has 1 fully saturated rings. The minimum absolute atomic E-state index is 0.0758. The molecule has 2 heterocycles. The van der Waals surface area contributed by atoms with E-state index in [1.54, 1.807) is 6.07 Å². The first-order valence-corrected chi connectivity index (χ1v) is 6.39. The van der Waals surface area contributed by atoms with Crippen LogP contribution in [-0.4, -0.2) is 25.0 Å². The quantitative estimate of drug-likeness (QED) is 0.840. The number of nitrogens with two attached hydrogens (primary N) is 1. The van der Waals surface area contributed by atoms with E-state index in [9.17, 15) is 4.79 Å². The molecule has 1 aliphatic heterocycles. The van der Waals surface area contributed by atoms with Gasteiger partial charge in [0.15, 0.2) is 5.76 Å². The molecule has 4 nitrogen and oxygen atoms in total. The molecule has 2 unspecified atom stereocenters. The van der Waals surface area contributed by atoms with Crippen LogP contribution in [0.5, 0.6) is 0 Å². The summed E-state index contributed by atoms with van der Waals surface area (Å²) in [7, 11) is 0. The van der Waals surface area contributed by atoms with E-state index in [0.717, 1.165) is 16.5 Å². The lowest BCUT2D eigenvalue weighted by atomic mass is 9.80. The van der Waals surface area contributed by atoms with Gasteiger partial charge in [0.2, 0.25) is 5.78 Å². The number of carbonyl (C=O) groups excluding carboxylic acids is 1. The van der Waals surface area contributed by atoms with Crippen LogP contribution >= 0.6 is 0 Å². The van der Waals surface area contributed by atoms with Crippen molar-refractivity contribution in [3.8, 4) is 0 Å². The fourth-order valence-corrected chi connectivity index (χ4v) is 2.53. The summed E-state index contributed by atoms with van der Waals surface area (Å²) >= 11 is 0. The van der Waals surface area contributed by atoms with Gasteiger partial charge >= 0.3 is 0 Å². The highest BCUT2D eigenvalue weighted by Gasteiger charge is 2.45. The molecule has 1 saturated heterocycles. The highest BCUT2D eigenvalue weighted by molar-refractivity contribution is 6.02. The highest BCUT2D eigenvalue weighted by Crippen LogP contribution is 2.33. The summed E-state index contributed by atoms with van der Waals surface area (Å²) in [6.45, 7) is 4.57. The molecule has 100 valence electrons. The molecule has 0 aliphatic carbocycles. The van der Waals surface area contributed by atoms with Crippen LogP contribution in [0.1, 0.15) is 23.0 Å². The smallest absolute Gasteiger partial charge is 0.207 e. The number of aryl methyl sites for hydroxylation is 1. The van der Waals surface area contributed by atoms with E-state index in [0.29, 0.717) is 19.0 Å². The fraction of sp³-hybridized carbons (Fsp3) is 0.400. The maximum Gasteiger partial charge on any atom is 0.207 e. The zero-order valence-corrected chi connectivity index (χ0v) is 11.1. The topological polar surface area (TPSA) is 65.5 Å². The van der Waals surface area contributed by atoms with Crippen LogP contribution in [0.2, 0.25) is 0 Å². The van der Waals surface area contributed by atoms with Crippen molar-refractivity contribution in [1.29, 1.82) is 0 Å². The van der Waals surface area contributed by atoms with Crippen molar-refractivity contribution < 1.29 is 13.9 Å². The molecule has 2 N–H and O–H groups in total. The summed E-state index contributed by atoms with van der Waals surface area (Å²) in [5.74, 6) is 0.292. The second-order valence-corrected chi connectivity index (χ2v) is 5.47. The number of rotatable bonds is 2. The second-order valence-electron chi connectivity index (χ2n) is 5.47. The Labute approximate surface area is 111 Å². The number of Topliss-reactive ketones (excluding diaryl/α,β-unsaturated/α-hetero) is 1. The van der Waals surface area contributed by atoms with Gasteiger partial charge in [0.1, 0.15) is 5.58 Å². The van der Waals surface area contributed by atoms with Gasteiger partial charge in [0, 0.05) is 11.4 Å². The number of hydrogen-bond donors (Lipinski definition) is 1. The Morgan fingerprint density at radius 2 is 2.26 bits per heavy atom. The van der Waals surface area contributed by atoms with E-state index in [4.69, 9.17) is 14.9 Å². The minimum atomic E-state index is -0.693. The maximum atomic E-state index is 12.6. The summed E-state index contributed by atoms with van der Waals surface area (Å²) in [6.07, 6.45) is 0. The van der Waals surface area contributed by atoms with Gasteiger partial charge in [0.25, 0.3) is 0 Å². The average molecular weight is 259 g/mol. The number of fused-ring (bicyclic) bond motifs is 1. The molecular formula is C15H17NO3. The lowest BCUT2D eigenvalue weighted by Gasteiger charge is -2.23. The Hall–Kier alpha value is -1.65. The number of ketones is 1. The van der Waals surface area contributed by atoms with Crippen LogP contribution in [0.3, 0.4) is 0 Å². The van der Waals surface area contributed by atoms with Crippen LogP contribution < -0.4 is 5.73 Å². The van der Waals surface area contributed by atoms with Gasteiger partial charge in [0.05, 0.1) is 18.6 Å². The molecule has 19 heavy (non-hydrogen) atoms. The SMILES string of the molecule is Cc1cccc2cc(C(=O)C3(C)COCC3N)oc12. The van der Waals surface area contributed by atoms with Crippen molar-refractivity contribution in [2.75, 3.05) is 13.2 Å². The van der Waals surface area contributed by atoms with Gasteiger partial charge in [-0.25, -0.2) is 0 Å². The van der Waals surface area contributed by atoms with E-state index in [2.05, 4.69) is 0 Å². The van der Waals surface area contributed by atoms with Gasteiger partial charge in [-0.05, 0) is 25.5 Å². The molecule has 0 saturated carbocycles. The van der Waals surface area contributed by atoms with Crippen molar-refractivity contribution in [1.82, 2.24) is 0 Å². The maximum absolute atomic E-state index is 12.6. The molecule has 0 spiro atoms. The standard InChI is InChI=1S/C15H17NO3/c1-9-4-3-5-10-6-11(19-13(9)10)14(17)15(2)8-18-7-12(15)16/h3-6,12H,7-8,16H2,1-2H3. The molecule has 1 aromatic heterocycles. The zero-order valence-electron chi connectivity index (χ0n) is 11.1. The third-order valence-electron chi connectivity index (χ3n) is 4.00. The summed E-state index contributed by atoms with van der Waals surface area (Å²) in [4.78, 5) is 12.6. The number of carbonyl (C=O) groups is 1. The number of hydrogen-bond acceptors (Lipinski definition) is 4. The summed E-state index contributed by atoms with van der Waals surface area (Å²) < 4.78 is 11.1. The highest BCUT2D eigenvalue weighted by atomic mass is 16.5. The lowest BCUT2D eigenvalue weighted by Crippen LogP contribution is -2.44. The van der Waals surface area contributed by atoms with E-state index in [1.165, 1.54) is 0 Å². The molecule has 0 bridgehead atoms. The van der Waals surface area contributed by atoms with Gasteiger partial charge in [-0.3, -0.25) is 4.79 Å². The first-order valence-electron chi connectivity index (χ1n) is 6.39. The number of ether oxygens (including phenoxy) is 1. The lowest BCUT2D eigenvalue weighted by molar-refractivity contribution is 0.0740. The Balaban J connectivity index is 2.05. The van der Waals surface area contributed by atoms with Gasteiger partial charge in [-0.2, -0.15) is 0 Å². The first-order chi connectivity index (χ1) is 9.02. The van der Waals surface area contributed by atoms with E-state index in [-0.39, 0.29) is 11.8 Å². The molecule has 3 rings (SSSR count). The predicted molar refractivity (Wildman–Crippen MR) is 72.2 cm³/mol. The molecule has 0 radical (unpaired) electrons. The summed E-state index contributed by atoms with van der Waals surface area (Å²) in [5, 5.41) is 0.944. The molecular weight excluding hydrogens is 242 g/mol. The largest absolute Gasteiger partial charge is 0.453 e. The van der Waals surface area contributed by atoms with Crippen molar-refractivity contribution in [3.05, 3.63) is 35.6 Å². The molecule has 2 aromatic rings. The number of para-hydroxylation sites is 1. The fourth-order valence-electron chi connectivity index (χ4n) is 2.53. The molecule has 1 aliphatic rings. The van der Waals surface area contributed by atoms with Crippen LogP contribution in [-0.2, 0) is 4.74 Å². The normalized spacial score (nSPS) is 27.0. The zero-order chi connectivity index (χ0) is 13.6. The van der Waals surface area contributed by atoms with Crippen molar-refractivity contribution in [3.63, 3.8) is 0 Å². The van der Waals surface area contributed by atoms with Crippen LogP contribution in [0.4, 0.5) is 0 Å². The van der Waals surface area contributed by atoms with E-state index in [1.807, 2.05) is 32.0 Å². The Morgan fingerprint density at radius 1 is 1.47 bits per heavy atom. The van der Waals surface area contributed by atoms with Gasteiger partial charge in [-0.15, -0.1) is 0 Å². The third-order valence-corrected chi connectivity index (χ3v) is 4.00.